The number of aliphatic imine (C=N–C) groups is 1. The van der Waals surface area contributed by atoms with Crippen molar-refractivity contribution in [3.63, 3.8) is 0 Å². The lowest BCUT2D eigenvalue weighted by Gasteiger charge is -2.15. The number of nitrogens with one attached hydrogen (secondary N) is 2. The monoisotopic (exact) mass is 488 g/mol. The molecule has 0 atom stereocenters. The zero-order valence-corrected chi connectivity index (χ0v) is 21.3. The maximum atomic E-state index is 13.1. The van der Waals surface area contributed by atoms with Gasteiger partial charge in [-0.2, -0.15) is 0 Å². The summed E-state index contributed by atoms with van der Waals surface area (Å²) in [5, 5.41) is 5.87. The molecule has 0 radical (unpaired) electrons. The van der Waals surface area contributed by atoms with Crippen molar-refractivity contribution < 1.29 is 9.53 Å². The molecule has 1 aliphatic carbocycles. The van der Waals surface area contributed by atoms with E-state index in [4.69, 9.17) is 9.72 Å². The van der Waals surface area contributed by atoms with Gasteiger partial charge in [0.1, 0.15) is 23.0 Å². The number of amides is 1. The topological polar surface area (TPSA) is 103 Å². The van der Waals surface area contributed by atoms with Crippen LogP contribution in [-0.4, -0.2) is 26.7 Å². The van der Waals surface area contributed by atoms with E-state index in [9.17, 15) is 9.59 Å². The Bertz CT molecular complexity index is 1440. The van der Waals surface area contributed by atoms with Gasteiger partial charge in [-0.25, -0.2) is 9.98 Å². The second-order valence-electron chi connectivity index (χ2n) is 9.20. The first-order valence-corrected chi connectivity index (χ1v) is 12.0. The summed E-state index contributed by atoms with van der Waals surface area (Å²) in [6.45, 7) is 10.7. The number of benzene rings is 1. The molecule has 0 bridgehead atoms. The standard InChI is InChI=1S/C27H32N6O3/c1-7-20(14-25(28-5)29-17(4)34)36-21-10-11-22-24(13-21)32(6)27(30-22)31-23-12-19(18-8-9-18)15-33(16(2)3)26(23)35/h7,10-16,18H,5,8-9H2,1-4,6H3,(H,29,34)(H,30,31)/b20-7+,25-14+. The largest absolute Gasteiger partial charge is 0.458 e. The summed E-state index contributed by atoms with van der Waals surface area (Å²) in [5.41, 5.74) is 3.23. The lowest BCUT2D eigenvalue weighted by molar-refractivity contribution is -0.118. The van der Waals surface area contributed by atoms with Gasteiger partial charge in [0, 0.05) is 38.4 Å². The molecule has 1 amide bonds. The lowest BCUT2D eigenvalue weighted by atomic mass is 10.1. The first kappa shape index (κ1) is 25.0. The van der Waals surface area contributed by atoms with Crippen molar-refractivity contribution in [2.75, 3.05) is 5.32 Å². The van der Waals surface area contributed by atoms with E-state index >= 15 is 0 Å². The van der Waals surface area contributed by atoms with E-state index in [1.165, 1.54) is 12.5 Å². The highest BCUT2D eigenvalue weighted by Gasteiger charge is 2.26. The molecule has 0 saturated heterocycles. The predicted octanol–water partition coefficient (Wildman–Crippen LogP) is 4.90. The molecule has 1 saturated carbocycles. The number of fused-ring (bicyclic) bond motifs is 1. The molecule has 1 aliphatic rings. The Hall–Kier alpha value is -4.14. The normalized spacial score (nSPS) is 14.3. The van der Waals surface area contributed by atoms with Gasteiger partial charge in [-0.3, -0.25) is 9.59 Å². The van der Waals surface area contributed by atoms with Crippen LogP contribution < -0.4 is 20.9 Å². The Morgan fingerprint density at radius 2 is 2.06 bits per heavy atom. The third kappa shape index (κ3) is 5.40. The van der Waals surface area contributed by atoms with E-state index in [1.54, 1.807) is 16.7 Å². The highest BCUT2D eigenvalue weighted by atomic mass is 16.5. The SMILES string of the molecule is C=N/C(=C\C(=C/C)Oc1ccc2nc(Nc3cc(C4CC4)cn(C(C)C)c3=O)n(C)c2c1)NC(C)=O. The number of ether oxygens (including phenoxy) is 1. The minimum Gasteiger partial charge on any atom is -0.458 e. The van der Waals surface area contributed by atoms with Gasteiger partial charge in [-0.15, -0.1) is 0 Å². The summed E-state index contributed by atoms with van der Waals surface area (Å²) >= 11 is 0. The molecule has 36 heavy (non-hydrogen) atoms. The van der Waals surface area contributed by atoms with E-state index in [1.807, 2.05) is 62.8 Å². The van der Waals surface area contributed by atoms with Gasteiger partial charge in [0.15, 0.2) is 0 Å². The summed E-state index contributed by atoms with van der Waals surface area (Å²) in [4.78, 5) is 33.0. The fraction of sp³-hybridized carbons (Fsp3) is 0.333. The molecule has 1 fully saturated rings. The van der Waals surface area contributed by atoms with Crippen LogP contribution in [-0.2, 0) is 11.8 Å². The van der Waals surface area contributed by atoms with Crippen molar-refractivity contribution in [2.45, 2.75) is 52.5 Å². The van der Waals surface area contributed by atoms with Gasteiger partial charge < -0.3 is 24.5 Å². The van der Waals surface area contributed by atoms with Crippen LogP contribution in [0.15, 0.2) is 64.0 Å². The second kappa shape index (κ2) is 10.2. The summed E-state index contributed by atoms with van der Waals surface area (Å²) in [6, 6.07) is 7.57. The summed E-state index contributed by atoms with van der Waals surface area (Å²) in [6.07, 6.45) is 7.66. The molecule has 2 aromatic heterocycles. The van der Waals surface area contributed by atoms with Crippen molar-refractivity contribution in [3.05, 3.63) is 70.1 Å². The average molecular weight is 489 g/mol. The quantitative estimate of drug-likeness (QED) is 0.253. The zero-order chi connectivity index (χ0) is 26.0. The zero-order valence-electron chi connectivity index (χ0n) is 21.3. The van der Waals surface area contributed by atoms with Gasteiger partial charge in [0.05, 0.1) is 11.0 Å². The number of rotatable bonds is 9. The molecule has 3 aromatic rings. The van der Waals surface area contributed by atoms with Gasteiger partial charge in [-0.1, -0.05) is 0 Å². The van der Waals surface area contributed by atoms with Gasteiger partial charge in [0.25, 0.3) is 5.56 Å². The number of carbonyl (C=O) groups excluding carboxylic acids is 1. The third-order valence-corrected chi connectivity index (χ3v) is 6.04. The summed E-state index contributed by atoms with van der Waals surface area (Å²) in [7, 11) is 1.89. The smallest absolute Gasteiger partial charge is 0.274 e. The molecule has 188 valence electrons. The number of pyridine rings is 1. The molecule has 2 heterocycles. The second-order valence-corrected chi connectivity index (χ2v) is 9.20. The van der Waals surface area contributed by atoms with Crippen LogP contribution in [0.1, 0.15) is 58.1 Å². The van der Waals surface area contributed by atoms with Crippen molar-refractivity contribution >= 4 is 35.3 Å². The van der Waals surface area contributed by atoms with Crippen molar-refractivity contribution in [1.29, 1.82) is 0 Å². The molecule has 0 aliphatic heterocycles. The summed E-state index contributed by atoms with van der Waals surface area (Å²) in [5.74, 6) is 2.22. The molecular formula is C27H32N6O3. The Morgan fingerprint density at radius 1 is 1.31 bits per heavy atom. The minimum absolute atomic E-state index is 0.0641. The number of allylic oxidation sites excluding steroid dienone is 2. The van der Waals surface area contributed by atoms with E-state index in [0.29, 0.717) is 34.9 Å². The molecule has 4 rings (SSSR count). The van der Waals surface area contributed by atoms with Gasteiger partial charge >= 0.3 is 0 Å². The van der Waals surface area contributed by atoms with Crippen LogP contribution in [0.5, 0.6) is 5.75 Å². The first-order chi connectivity index (χ1) is 17.2. The van der Waals surface area contributed by atoms with Crippen LogP contribution in [0.3, 0.4) is 0 Å². The Kier molecular flexibility index (Phi) is 7.10. The third-order valence-electron chi connectivity index (χ3n) is 6.04. The van der Waals surface area contributed by atoms with Gasteiger partial charge in [-0.05, 0) is 76.1 Å². The van der Waals surface area contributed by atoms with Crippen LogP contribution in [0.25, 0.3) is 11.0 Å². The first-order valence-electron chi connectivity index (χ1n) is 12.0. The van der Waals surface area contributed by atoms with Crippen LogP contribution in [0, 0.1) is 0 Å². The van der Waals surface area contributed by atoms with Crippen LogP contribution in [0.4, 0.5) is 11.6 Å². The molecular weight excluding hydrogens is 456 g/mol. The number of hydrogen-bond donors (Lipinski definition) is 2. The van der Waals surface area contributed by atoms with Crippen LogP contribution >= 0.6 is 0 Å². The minimum atomic E-state index is -0.247. The average Bonchev–Trinajstić information content (AvgIpc) is 3.64. The summed E-state index contributed by atoms with van der Waals surface area (Å²) < 4.78 is 9.68. The molecule has 1 aromatic carbocycles. The number of hydrogen-bond acceptors (Lipinski definition) is 6. The number of nitrogens with zero attached hydrogens (tertiary/aromatic N) is 4. The number of anilines is 2. The molecule has 9 heteroatoms. The highest BCUT2D eigenvalue weighted by molar-refractivity contribution is 5.81. The molecule has 2 N–H and O–H groups in total. The van der Waals surface area contributed by atoms with E-state index in [2.05, 4.69) is 22.3 Å². The number of imidazole rings is 1. The fourth-order valence-electron chi connectivity index (χ4n) is 3.95. The van der Waals surface area contributed by atoms with Crippen molar-refractivity contribution in [2.24, 2.45) is 12.0 Å². The Morgan fingerprint density at radius 3 is 2.67 bits per heavy atom. The maximum Gasteiger partial charge on any atom is 0.274 e. The Balaban J connectivity index is 1.63. The molecule has 0 unspecified atom stereocenters. The lowest BCUT2D eigenvalue weighted by Crippen LogP contribution is -2.24. The highest BCUT2D eigenvalue weighted by Crippen LogP contribution is 2.40. The van der Waals surface area contributed by atoms with Crippen LogP contribution in [0.2, 0.25) is 0 Å². The molecule has 0 spiro atoms. The maximum absolute atomic E-state index is 13.1. The van der Waals surface area contributed by atoms with E-state index in [0.717, 1.165) is 23.9 Å². The number of carbonyl (C=O) groups is 1. The van der Waals surface area contributed by atoms with E-state index in [-0.39, 0.29) is 17.5 Å². The van der Waals surface area contributed by atoms with Gasteiger partial charge in [0.2, 0.25) is 11.9 Å². The fourth-order valence-corrected chi connectivity index (χ4v) is 3.95. The number of aryl methyl sites for hydroxylation is 1. The predicted molar refractivity (Wildman–Crippen MR) is 143 cm³/mol. The van der Waals surface area contributed by atoms with Crippen molar-refractivity contribution in [3.8, 4) is 5.75 Å². The van der Waals surface area contributed by atoms with E-state index < -0.39 is 0 Å². The van der Waals surface area contributed by atoms with Crippen molar-refractivity contribution in [1.82, 2.24) is 19.4 Å². The number of aromatic nitrogens is 3. The molecule has 9 nitrogen and oxygen atoms in total. The Labute approximate surface area is 210 Å².